The smallest absolute Gasteiger partial charge is 0.0702 e. The molecule has 0 radical (unpaired) electrons. The van der Waals surface area contributed by atoms with Gasteiger partial charge in [-0.2, -0.15) is 0 Å². The molecule has 1 aliphatic heterocycles. The molecule has 3 aromatic heterocycles. The highest BCUT2D eigenvalue weighted by molar-refractivity contribution is 6.20. The van der Waals surface area contributed by atoms with E-state index in [0.717, 1.165) is 23.5 Å². The van der Waals surface area contributed by atoms with Crippen molar-refractivity contribution in [3.63, 3.8) is 0 Å². The van der Waals surface area contributed by atoms with Gasteiger partial charge in [0.15, 0.2) is 0 Å². The van der Waals surface area contributed by atoms with E-state index < -0.39 is 0 Å². The average Bonchev–Trinajstić information content (AvgIpc) is 3.46. The summed E-state index contributed by atoms with van der Waals surface area (Å²) in [5, 5.41) is 11.0. The van der Waals surface area contributed by atoms with Gasteiger partial charge in [0.1, 0.15) is 0 Å². The largest absolute Gasteiger partial charge is 0.380 e. The van der Waals surface area contributed by atoms with Crippen molar-refractivity contribution in [1.82, 2.24) is 19.9 Å². The normalized spacial score (nSPS) is 13.2. The summed E-state index contributed by atoms with van der Waals surface area (Å²) in [6.45, 7) is 0.779. The fourth-order valence-electron chi connectivity index (χ4n) is 6.81. The Balaban J connectivity index is 1.27. The summed E-state index contributed by atoms with van der Waals surface area (Å²) < 4.78 is 2.46. The zero-order chi connectivity index (χ0) is 29.7. The quantitative estimate of drug-likeness (QED) is 0.227. The second-order valence-corrected chi connectivity index (χ2v) is 11.5. The fourth-order valence-corrected chi connectivity index (χ4v) is 6.81. The van der Waals surface area contributed by atoms with Crippen molar-refractivity contribution in [3.8, 4) is 16.9 Å². The Morgan fingerprint density at radius 3 is 2.24 bits per heavy atom. The van der Waals surface area contributed by atoms with E-state index in [-0.39, 0.29) is 0 Å². The first kappa shape index (κ1) is 25.5. The molecule has 8 aromatic rings. The van der Waals surface area contributed by atoms with E-state index >= 15 is 0 Å². The van der Waals surface area contributed by atoms with Crippen molar-refractivity contribution in [2.75, 3.05) is 6.54 Å². The summed E-state index contributed by atoms with van der Waals surface area (Å²) in [6, 6.07) is 43.6. The maximum Gasteiger partial charge on any atom is 0.0702 e. The maximum absolute atomic E-state index is 4.66. The third kappa shape index (κ3) is 4.22. The van der Waals surface area contributed by atoms with Gasteiger partial charge < -0.3 is 9.88 Å². The Bertz CT molecular complexity index is 2460. The zero-order valence-electron chi connectivity index (χ0n) is 24.5. The van der Waals surface area contributed by atoms with Gasteiger partial charge in [0.05, 0.1) is 22.4 Å². The summed E-state index contributed by atoms with van der Waals surface area (Å²) in [6.07, 6.45) is 9.95. The number of aromatic nitrogens is 3. The van der Waals surface area contributed by atoms with Crippen LogP contribution >= 0.6 is 0 Å². The minimum atomic E-state index is 0.779. The van der Waals surface area contributed by atoms with Crippen LogP contribution in [0.15, 0.2) is 152 Å². The predicted octanol–water partition coefficient (Wildman–Crippen LogP) is 9.57. The Hall–Kier alpha value is -6.00. The predicted molar refractivity (Wildman–Crippen MR) is 187 cm³/mol. The lowest BCUT2D eigenvalue weighted by Gasteiger charge is -2.18. The van der Waals surface area contributed by atoms with Crippen molar-refractivity contribution < 1.29 is 0 Å². The highest BCUT2D eigenvalue weighted by atomic mass is 15.0. The van der Waals surface area contributed by atoms with Crippen molar-refractivity contribution in [1.29, 1.82) is 0 Å². The highest BCUT2D eigenvalue weighted by Gasteiger charge is 2.18. The number of nitrogens with one attached hydrogen (secondary N) is 1. The number of fused-ring (bicyclic) bond motifs is 6. The summed E-state index contributed by atoms with van der Waals surface area (Å²) in [5.41, 5.74) is 10.4. The molecule has 0 spiro atoms. The molecular formula is C41H28N4. The van der Waals surface area contributed by atoms with Gasteiger partial charge >= 0.3 is 0 Å². The van der Waals surface area contributed by atoms with Crippen molar-refractivity contribution in [3.05, 3.63) is 163 Å². The van der Waals surface area contributed by atoms with Gasteiger partial charge in [-0.15, -0.1) is 0 Å². The third-order valence-electron chi connectivity index (χ3n) is 8.99. The number of rotatable bonds is 4. The molecule has 4 nitrogen and oxygen atoms in total. The van der Waals surface area contributed by atoms with E-state index in [2.05, 4.69) is 141 Å². The molecule has 0 fully saturated rings. The Labute approximate surface area is 260 Å². The molecule has 4 heterocycles. The highest BCUT2D eigenvalue weighted by Crippen LogP contribution is 2.40. The van der Waals surface area contributed by atoms with E-state index in [9.17, 15) is 0 Å². The van der Waals surface area contributed by atoms with Gasteiger partial charge in [-0.1, -0.05) is 84.9 Å². The Kier molecular flexibility index (Phi) is 5.85. The summed E-state index contributed by atoms with van der Waals surface area (Å²) in [7, 11) is 0. The van der Waals surface area contributed by atoms with Crippen molar-refractivity contribution in [2.45, 2.75) is 0 Å². The number of pyridine rings is 2. The number of nitrogens with zero attached hydrogens (tertiary/aromatic N) is 3. The maximum atomic E-state index is 4.66. The number of hydrogen-bond acceptors (Lipinski definition) is 3. The number of benzene rings is 5. The lowest BCUT2D eigenvalue weighted by Crippen LogP contribution is -2.18. The summed E-state index contributed by atoms with van der Waals surface area (Å²) in [4.78, 5) is 8.82. The van der Waals surface area contributed by atoms with Crippen LogP contribution in [0.3, 0.4) is 0 Å². The molecule has 0 amide bonds. The monoisotopic (exact) mass is 576 g/mol. The minimum Gasteiger partial charge on any atom is -0.380 e. The second kappa shape index (κ2) is 10.3. The van der Waals surface area contributed by atoms with Crippen molar-refractivity contribution in [2.24, 2.45) is 0 Å². The molecule has 45 heavy (non-hydrogen) atoms. The molecule has 1 aliphatic rings. The molecule has 0 unspecified atom stereocenters. The molecule has 212 valence electrons. The molecular weight excluding hydrogens is 548 g/mol. The number of dihydropyridines is 1. The topological polar surface area (TPSA) is 42.7 Å². The lowest BCUT2D eigenvalue weighted by molar-refractivity contribution is 1.01. The van der Waals surface area contributed by atoms with Crippen LogP contribution in [0.4, 0.5) is 0 Å². The molecule has 4 heteroatoms. The van der Waals surface area contributed by atoms with Crippen LogP contribution in [0.25, 0.3) is 71.6 Å². The standard InChI is InChI=1S/C41H28N4/c1-2-8-33-28(6-1)7-5-10-39(33)45-40-25-31(37-9-3-4-21-43-37)13-16-35(40)36-17-11-29-24-30(12-15-34(29)41(36)45)38-18-14-32(26-44-38)27-19-22-42-23-20-27/h1-25,44H,26H2. The lowest BCUT2D eigenvalue weighted by atomic mass is 9.99. The van der Waals surface area contributed by atoms with E-state index in [1.54, 1.807) is 0 Å². The van der Waals surface area contributed by atoms with E-state index in [4.69, 9.17) is 0 Å². The Morgan fingerprint density at radius 1 is 0.556 bits per heavy atom. The van der Waals surface area contributed by atoms with Gasteiger partial charge in [0, 0.05) is 57.9 Å². The molecule has 0 saturated carbocycles. The van der Waals surface area contributed by atoms with Gasteiger partial charge in [-0.05, 0) is 76.0 Å². The second-order valence-electron chi connectivity index (χ2n) is 11.5. The molecule has 5 aromatic carbocycles. The molecule has 0 bridgehead atoms. The first-order valence-corrected chi connectivity index (χ1v) is 15.3. The summed E-state index contributed by atoms with van der Waals surface area (Å²) in [5.74, 6) is 0. The first-order chi connectivity index (χ1) is 22.3. The van der Waals surface area contributed by atoms with Gasteiger partial charge in [0.2, 0.25) is 0 Å². The van der Waals surface area contributed by atoms with Crippen LogP contribution in [0.1, 0.15) is 11.1 Å². The van der Waals surface area contributed by atoms with Gasteiger partial charge in [-0.25, -0.2) is 0 Å². The minimum absolute atomic E-state index is 0.779. The molecule has 0 atom stereocenters. The van der Waals surface area contributed by atoms with Gasteiger partial charge in [0.25, 0.3) is 0 Å². The fraction of sp³-hybridized carbons (Fsp3) is 0.0244. The van der Waals surface area contributed by atoms with Crippen LogP contribution in [-0.2, 0) is 0 Å². The SMILES string of the molecule is C1=C(c2ccncc2)CNC(c2ccc3c(ccc4c5ccc(-c6ccccn6)cc5n(-c5cccc6ccccc56)c34)c2)=C1. The van der Waals surface area contributed by atoms with Crippen LogP contribution in [0.2, 0.25) is 0 Å². The first-order valence-electron chi connectivity index (χ1n) is 15.3. The van der Waals surface area contributed by atoms with Crippen LogP contribution in [0, 0.1) is 0 Å². The average molecular weight is 577 g/mol. The zero-order valence-corrected chi connectivity index (χ0v) is 24.5. The van der Waals surface area contributed by atoms with Gasteiger partial charge in [-0.3, -0.25) is 9.97 Å². The van der Waals surface area contributed by atoms with Crippen molar-refractivity contribution >= 4 is 54.6 Å². The number of allylic oxidation sites excluding steroid dienone is 2. The Morgan fingerprint density at radius 2 is 1.38 bits per heavy atom. The molecule has 0 saturated heterocycles. The van der Waals surface area contributed by atoms with E-state index in [1.165, 1.54) is 65.7 Å². The summed E-state index contributed by atoms with van der Waals surface area (Å²) >= 11 is 0. The van der Waals surface area contributed by atoms with Crippen LogP contribution in [-0.4, -0.2) is 21.1 Å². The molecule has 9 rings (SSSR count). The number of hydrogen-bond donors (Lipinski definition) is 1. The van der Waals surface area contributed by atoms with E-state index in [0.29, 0.717) is 0 Å². The molecule has 0 aliphatic carbocycles. The molecule has 1 N–H and O–H groups in total. The third-order valence-corrected chi connectivity index (χ3v) is 8.99. The van der Waals surface area contributed by atoms with Crippen LogP contribution in [0.5, 0.6) is 0 Å². The van der Waals surface area contributed by atoms with E-state index in [1.807, 2.05) is 30.7 Å². The van der Waals surface area contributed by atoms with Crippen LogP contribution < -0.4 is 5.32 Å².